The molecule has 0 spiro atoms. The largest absolute Gasteiger partial charge is 0.478 e. The fourth-order valence-electron chi connectivity index (χ4n) is 2.25. The zero-order chi connectivity index (χ0) is 16.4. The first-order valence-electron chi connectivity index (χ1n) is 7.13. The highest BCUT2D eigenvalue weighted by molar-refractivity contribution is 6.33. The molecule has 116 valence electrons. The van der Waals surface area contributed by atoms with Gasteiger partial charge in [0.05, 0.1) is 22.5 Å². The van der Waals surface area contributed by atoms with Gasteiger partial charge in [-0.25, -0.2) is 9.48 Å². The average molecular weight is 328 g/mol. The maximum absolute atomic E-state index is 11.2. The van der Waals surface area contributed by atoms with E-state index in [1.807, 2.05) is 12.1 Å². The van der Waals surface area contributed by atoms with E-state index in [0.29, 0.717) is 5.69 Å². The SMILES string of the molecule is CCc1ccc(-c2cn(-c3ccc(Cl)c(C(=O)O)c3)nn2)cc1. The summed E-state index contributed by atoms with van der Waals surface area (Å²) in [7, 11) is 0. The van der Waals surface area contributed by atoms with Crippen molar-refractivity contribution >= 4 is 17.6 Å². The molecule has 0 amide bonds. The number of carbonyl (C=O) groups is 1. The molecule has 5 nitrogen and oxygen atoms in total. The number of aryl methyl sites for hydroxylation is 1. The molecule has 0 radical (unpaired) electrons. The van der Waals surface area contributed by atoms with Crippen LogP contribution in [-0.4, -0.2) is 26.1 Å². The number of rotatable bonds is 4. The van der Waals surface area contributed by atoms with Gasteiger partial charge in [-0.3, -0.25) is 0 Å². The van der Waals surface area contributed by atoms with Gasteiger partial charge in [0.25, 0.3) is 0 Å². The Hall–Kier alpha value is -2.66. The van der Waals surface area contributed by atoms with Gasteiger partial charge >= 0.3 is 5.97 Å². The van der Waals surface area contributed by atoms with Gasteiger partial charge in [0.1, 0.15) is 5.69 Å². The van der Waals surface area contributed by atoms with E-state index in [4.69, 9.17) is 16.7 Å². The van der Waals surface area contributed by atoms with Crippen LogP contribution < -0.4 is 0 Å². The highest BCUT2D eigenvalue weighted by atomic mass is 35.5. The molecule has 0 unspecified atom stereocenters. The van der Waals surface area contributed by atoms with E-state index >= 15 is 0 Å². The van der Waals surface area contributed by atoms with Crippen LogP contribution in [0.5, 0.6) is 0 Å². The quantitative estimate of drug-likeness (QED) is 0.790. The normalized spacial score (nSPS) is 10.7. The van der Waals surface area contributed by atoms with Crippen molar-refractivity contribution in [2.45, 2.75) is 13.3 Å². The fourth-order valence-corrected chi connectivity index (χ4v) is 2.45. The lowest BCUT2D eigenvalue weighted by atomic mass is 10.1. The van der Waals surface area contributed by atoms with Crippen LogP contribution >= 0.6 is 11.6 Å². The molecule has 1 N–H and O–H groups in total. The van der Waals surface area contributed by atoms with Crippen molar-refractivity contribution in [1.29, 1.82) is 0 Å². The molecule has 0 saturated heterocycles. The van der Waals surface area contributed by atoms with Crippen LogP contribution in [0.4, 0.5) is 0 Å². The number of hydrogen-bond donors (Lipinski definition) is 1. The molecule has 3 rings (SSSR count). The number of nitrogens with zero attached hydrogens (tertiary/aromatic N) is 3. The summed E-state index contributed by atoms with van der Waals surface area (Å²) in [6.45, 7) is 2.10. The third-order valence-corrected chi connectivity index (χ3v) is 3.93. The molecule has 0 fully saturated rings. The Balaban J connectivity index is 1.95. The van der Waals surface area contributed by atoms with Crippen LogP contribution in [0, 0.1) is 0 Å². The number of hydrogen-bond acceptors (Lipinski definition) is 3. The number of carboxylic acid groups (broad SMARTS) is 1. The Kier molecular flexibility index (Phi) is 4.12. The van der Waals surface area contributed by atoms with E-state index in [2.05, 4.69) is 29.4 Å². The van der Waals surface area contributed by atoms with E-state index in [-0.39, 0.29) is 10.6 Å². The van der Waals surface area contributed by atoms with Crippen molar-refractivity contribution in [3.63, 3.8) is 0 Å². The molecule has 0 atom stereocenters. The lowest BCUT2D eigenvalue weighted by molar-refractivity contribution is 0.0697. The first-order valence-corrected chi connectivity index (χ1v) is 7.51. The highest BCUT2D eigenvalue weighted by Crippen LogP contribution is 2.22. The zero-order valence-corrected chi connectivity index (χ0v) is 13.2. The van der Waals surface area contributed by atoms with Crippen LogP contribution in [0.1, 0.15) is 22.8 Å². The molecule has 23 heavy (non-hydrogen) atoms. The lowest BCUT2D eigenvalue weighted by Gasteiger charge is -2.03. The zero-order valence-electron chi connectivity index (χ0n) is 12.4. The van der Waals surface area contributed by atoms with E-state index in [0.717, 1.165) is 17.7 Å². The summed E-state index contributed by atoms with van der Waals surface area (Å²) in [5, 5.41) is 17.5. The van der Waals surface area contributed by atoms with Gasteiger partial charge in [0, 0.05) is 5.56 Å². The van der Waals surface area contributed by atoms with Gasteiger partial charge in [-0.2, -0.15) is 0 Å². The Morgan fingerprint density at radius 2 is 1.96 bits per heavy atom. The summed E-state index contributed by atoms with van der Waals surface area (Å²) in [6, 6.07) is 12.8. The summed E-state index contributed by atoms with van der Waals surface area (Å²) < 4.78 is 1.53. The molecule has 1 heterocycles. The van der Waals surface area contributed by atoms with Crippen molar-refractivity contribution in [3.05, 3.63) is 64.8 Å². The van der Waals surface area contributed by atoms with E-state index < -0.39 is 5.97 Å². The predicted octanol–water partition coefficient (Wildman–Crippen LogP) is 3.85. The van der Waals surface area contributed by atoms with Crippen molar-refractivity contribution < 1.29 is 9.90 Å². The van der Waals surface area contributed by atoms with E-state index in [1.54, 1.807) is 12.3 Å². The molecule has 1 aromatic heterocycles. The third kappa shape index (κ3) is 3.10. The number of carboxylic acids is 1. The van der Waals surface area contributed by atoms with Gasteiger partial charge in [-0.1, -0.05) is 48.0 Å². The Labute approximate surface area is 138 Å². The molecule has 0 saturated carbocycles. The average Bonchev–Trinajstić information content (AvgIpc) is 3.05. The van der Waals surface area contributed by atoms with Crippen LogP contribution in [0.3, 0.4) is 0 Å². The minimum Gasteiger partial charge on any atom is -0.478 e. The Morgan fingerprint density at radius 1 is 1.22 bits per heavy atom. The van der Waals surface area contributed by atoms with Gasteiger partial charge < -0.3 is 5.11 Å². The highest BCUT2D eigenvalue weighted by Gasteiger charge is 2.12. The fraction of sp³-hybridized carbons (Fsp3) is 0.118. The molecule has 6 heteroatoms. The summed E-state index contributed by atoms with van der Waals surface area (Å²) >= 11 is 5.88. The first-order chi connectivity index (χ1) is 11.1. The second-order valence-corrected chi connectivity index (χ2v) is 5.48. The van der Waals surface area contributed by atoms with Crippen LogP contribution in [0.15, 0.2) is 48.7 Å². The maximum atomic E-state index is 11.2. The number of halogens is 1. The maximum Gasteiger partial charge on any atom is 0.337 e. The minimum atomic E-state index is -1.08. The van der Waals surface area contributed by atoms with E-state index in [9.17, 15) is 4.79 Å². The molecular weight excluding hydrogens is 314 g/mol. The Morgan fingerprint density at radius 3 is 2.61 bits per heavy atom. The topological polar surface area (TPSA) is 68.0 Å². The van der Waals surface area contributed by atoms with Crippen molar-refractivity contribution in [2.75, 3.05) is 0 Å². The smallest absolute Gasteiger partial charge is 0.337 e. The second kappa shape index (κ2) is 6.22. The second-order valence-electron chi connectivity index (χ2n) is 5.07. The molecule has 0 aliphatic carbocycles. The number of benzene rings is 2. The number of aromatic carboxylic acids is 1. The van der Waals surface area contributed by atoms with Crippen LogP contribution in [0.25, 0.3) is 16.9 Å². The minimum absolute atomic E-state index is 0.0357. The molecular formula is C17H14ClN3O2. The van der Waals surface area contributed by atoms with Crippen molar-refractivity contribution in [1.82, 2.24) is 15.0 Å². The summed E-state index contributed by atoms with van der Waals surface area (Å²) in [6.07, 6.45) is 2.74. The monoisotopic (exact) mass is 327 g/mol. The predicted molar refractivity (Wildman–Crippen MR) is 88.1 cm³/mol. The van der Waals surface area contributed by atoms with Gasteiger partial charge in [0.15, 0.2) is 0 Å². The summed E-state index contributed by atoms with van der Waals surface area (Å²) in [5.74, 6) is -1.08. The lowest BCUT2D eigenvalue weighted by Crippen LogP contribution is -2.01. The van der Waals surface area contributed by atoms with Gasteiger partial charge in [-0.15, -0.1) is 5.10 Å². The van der Waals surface area contributed by atoms with Crippen molar-refractivity contribution in [3.8, 4) is 16.9 Å². The van der Waals surface area contributed by atoms with Gasteiger partial charge in [0.2, 0.25) is 0 Å². The Bertz CT molecular complexity index is 857. The molecule has 0 aliphatic rings. The van der Waals surface area contributed by atoms with Crippen LogP contribution in [0.2, 0.25) is 5.02 Å². The summed E-state index contributed by atoms with van der Waals surface area (Å²) in [5.41, 5.74) is 3.56. The standard InChI is InChI=1S/C17H14ClN3O2/c1-2-11-3-5-12(6-4-11)16-10-21(20-19-16)13-7-8-15(18)14(9-13)17(22)23/h3-10H,2H2,1H3,(H,22,23). The molecule has 0 bridgehead atoms. The third-order valence-electron chi connectivity index (χ3n) is 3.60. The molecule has 0 aliphatic heterocycles. The molecule has 2 aromatic carbocycles. The van der Waals surface area contributed by atoms with Crippen LogP contribution in [-0.2, 0) is 6.42 Å². The van der Waals surface area contributed by atoms with Crippen molar-refractivity contribution in [2.24, 2.45) is 0 Å². The van der Waals surface area contributed by atoms with Gasteiger partial charge in [-0.05, 0) is 30.2 Å². The summed E-state index contributed by atoms with van der Waals surface area (Å²) in [4.78, 5) is 11.2. The molecule has 3 aromatic rings. The van der Waals surface area contributed by atoms with E-state index in [1.165, 1.54) is 22.4 Å². The number of aromatic nitrogens is 3. The first kappa shape index (κ1) is 15.2.